The summed E-state index contributed by atoms with van der Waals surface area (Å²) in [6.07, 6.45) is 2.88. The van der Waals surface area contributed by atoms with E-state index >= 15 is 0 Å². The smallest absolute Gasteiger partial charge is 0.109 e. The second kappa shape index (κ2) is 2.57. The van der Waals surface area contributed by atoms with E-state index in [1.165, 1.54) is 5.56 Å². The summed E-state index contributed by atoms with van der Waals surface area (Å²) >= 11 is 3.40. The molecule has 0 radical (unpaired) electrons. The van der Waals surface area contributed by atoms with Gasteiger partial charge in [0.1, 0.15) is 4.60 Å². The molecule has 0 aliphatic heterocycles. The van der Waals surface area contributed by atoms with E-state index in [-0.39, 0.29) is 0 Å². The van der Waals surface area contributed by atoms with Crippen LogP contribution in [0.2, 0.25) is 0 Å². The fourth-order valence-electron chi connectivity index (χ4n) is 1.25. The highest BCUT2D eigenvalue weighted by molar-refractivity contribution is 9.10. The fraction of sp³-hybridized carbons (Fsp3) is 0.375. The van der Waals surface area contributed by atoms with Crippen LogP contribution in [0.5, 0.6) is 0 Å². The summed E-state index contributed by atoms with van der Waals surface area (Å²) in [4.78, 5) is 4.14. The fourth-order valence-corrected chi connectivity index (χ4v) is 1.79. The van der Waals surface area contributed by atoms with Gasteiger partial charge in [-0.1, -0.05) is 6.07 Å². The summed E-state index contributed by atoms with van der Waals surface area (Å²) in [6, 6.07) is 4.38. The molecule has 11 heavy (non-hydrogen) atoms. The van der Waals surface area contributed by atoms with Crippen molar-refractivity contribution < 1.29 is 0 Å². The first-order valence-corrected chi connectivity index (χ1v) is 4.44. The highest BCUT2D eigenvalue weighted by Crippen LogP contribution is 2.41. The topological polar surface area (TPSA) is 38.9 Å². The normalized spacial score (nSPS) is 28.5. The van der Waals surface area contributed by atoms with Crippen LogP contribution in [0.1, 0.15) is 17.9 Å². The van der Waals surface area contributed by atoms with Crippen molar-refractivity contribution in [2.45, 2.75) is 18.4 Å². The van der Waals surface area contributed by atoms with E-state index in [0.29, 0.717) is 12.0 Å². The van der Waals surface area contributed by atoms with E-state index in [1.807, 2.05) is 6.07 Å². The molecule has 2 nitrogen and oxygen atoms in total. The maximum absolute atomic E-state index is 5.72. The largest absolute Gasteiger partial charge is 0.327 e. The lowest BCUT2D eigenvalue weighted by Gasteiger charge is -1.99. The summed E-state index contributed by atoms with van der Waals surface area (Å²) < 4.78 is 0.943. The first-order chi connectivity index (χ1) is 5.29. The van der Waals surface area contributed by atoms with Crippen molar-refractivity contribution in [3.05, 3.63) is 28.5 Å². The molecule has 1 heterocycles. The monoisotopic (exact) mass is 212 g/mol. The maximum Gasteiger partial charge on any atom is 0.109 e. The van der Waals surface area contributed by atoms with Crippen LogP contribution in [0.25, 0.3) is 0 Å². The van der Waals surface area contributed by atoms with Crippen molar-refractivity contribution in [2.24, 2.45) is 5.73 Å². The summed E-state index contributed by atoms with van der Waals surface area (Å²) in [7, 11) is 0. The molecule has 1 aliphatic carbocycles. The molecule has 0 saturated heterocycles. The van der Waals surface area contributed by atoms with Gasteiger partial charge < -0.3 is 5.73 Å². The van der Waals surface area contributed by atoms with Gasteiger partial charge in [0.15, 0.2) is 0 Å². The van der Waals surface area contributed by atoms with Crippen LogP contribution in [-0.4, -0.2) is 11.0 Å². The molecule has 0 aromatic carbocycles. The summed E-state index contributed by atoms with van der Waals surface area (Å²) in [5.74, 6) is 0.540. The molecule has 0 amide bonds. The lowest BCUT2D eigenvalue weighted by molar-refractivity contribution is 0.971. The molecule has 1 aliphatic rings. The number of pyridine rings is 1. The van der Waals surface area contributed by atoms with E-state index in [2.05, 4.69) is 27.0 Å². The minimum absolute atomic E-state index is 0.357. The lowest BCUT2D eigenvalue weighted by atomic mass is 10.2. The zero-order chi connectivity index (χ0) is 7.84. The highest BCUT2D eigenvalue weighted by Gasteiger charge is 2.36. The molecule has 0 bridgehead atoms. The SMILES string of the molecule is NC1CC1c1cccnc1Br. The van der Waals surface area contributed by atoms with Gasteiger partial charge in [-0.15, -0.1) is 0 Å². The molecule has 58 valence electrons. The summed E-state index contributed by atoms with van der Waals surface area (Å²) in [6.45, 7) is 0. The Morgan fingerprint density at radius 1 is 1.64 bits per heavy atom. The molecule has 2 atom stereocenters. The zero-order valence-electron chi connectivity index (χ0n) is 6.00. The van der Waals surface area contributed by atoms with Crippen LogP contribution in [0.15, 0.2) is 22.9 Å². The van der Waals surface area contributed by atoms with Crippen molar-refractivity contribution in [1.29, 1.82) is 0 Å². The molecule has 2 rings (SSSR count). The molecule has 1 saturated carbocycles. The minimum atomic E-state index is 0.357. The van der Waals surface area contributed by atoms with E-state index in [9.17, 15) is 0 Å². The van der Waals surface area contributed by atoms with E-state index in [0.717, 1.165) is 11.0 Å². The van der Waals surface area contributed by atoms with E-state index in [4.69, 9.17) is 5.73 Å². The van der Waals surface area contributed by atoms with Gasteiger partial charge >= 0.3 is 0 Å². The van der Waals surface area contributed by atoms with Gasteiger partial charge in [-0.05, 0) is 34.0 Å². The van der Waals surface area contributed by atoms with Gasteiger partial charge in [0.25, 0.3) is 0 Å². The van der Waals surface area contributed by atoms with Gasteiger partial charge in [-0.2, -0.15) is 0 Å². The first kappa shape index (κ1) is 7.25. The van der Waals surface area contributed by atoms with Crippen molar-refractivity contribution in [2.75, 3.05) is 0 Å². The number of hydrogen-bond donors (Lipinski definition) is 1. The quantitative estimate of drug-likeness (QED) is 0.720. The number of nitrogens with zero attached hydrogens (tertiary/aromatic N) is 1. The predicted molar refractivity (Wildman–Crippen MR) is 47.3 cm³/mol. The number of rotatable bonds is 1. The molecule has 0 spiro atoms. The van der Waals surface area contributed by atoms with Gasteiger partial charge in [0, 0.05) is 18.2 Å². The zero-order valence-corrected chi connectivity index (χ0v) is 7.58. The Balaban J connectivity index is 2.31. The van der Waals surface area contributed by atoms with Crippen LogP contribution in [-0.2, 0) is 0 Å². The van der Waals surface area contributed by atoms with Crippen LogP contribution in [0.4, 0.5) is 0 Å². The first-order valence-electron chi connectivity index (χ1n) is 3.65. The Morgan fingerprint density at radius 3 is 2.91 bits per heavy atom. The maximum atomic E-state index is 5.72. The second-order valence-electron chi connectivity index (χ2n) is 2.89. The predicted octanol–water partition coefficient (Wildman–Crippen LogP) is 1.66. The van der Waals surface area contributed by atoms with Crippen molar-refractivity contribution in [3.8, 4) is 0 Å². The van der Waals surface area contributed by atoms with Crippen LogP contribution in [0, 0.1) is 0 Å². The molecule has 1 aromatic heterocycles. The van der Waals surface area contributed by atoms with Crippen molar-refractivity contribution in [1.82, 2.24) is 4.98 Å². The Hall–Kier alpha value is -0.410. The molecular weight excluding hydrogens is 204 g/mol. The van der Waals surface area contributed by atoms with Gasteiger partial charge in [-0.3, -0.25) is 0 Å². The Labute approximate surface area is 73.9 Å². The molecule has 1 fully saturated rings. The third-order valence-corrected chi connectivity index (χ3v) is 2.69. The summed E-state index contributed by atoms with van der Waals surface area (Å²) in [5.41, 5.74) is 6.97. The third kappa shape index (κ3) is 1.30. The molecule has 2 unspecified atom stereocenters. The average molecular weight is 213 g/mol. The highest BCUT2D eigenvalue weighted by atomic mass is 79.9. The Kier molecular flexibility index (Phi) is 1.69. The minimum Gasteiger partial charge on any atom is -0.327 e. The third-order valence-electron chi connectivity index (χ3n) is 2.03. The number of nitrogens with two attached hydrogens (primary N) is 1. The second-order valence-corrected chi connectivity index (χ2v) is 3.64. The number of aromatic nitrogens is 1. The van der Waals surface area contributed by atoms with E-state index < -0.39 is 0 Å². The molecule has 3 heteroatoms. The molecule has 2 N–H and O–H groups in total. The van der Waals surface area contributed by atoms with Crippen LogP contribution < -0.4 is 5.73 Å². The number of hydrogen-bond acceptors (Lipinski definition) is 2. The van der Waals surface area contributed by atoms with Crippen LogP contribution >= 0.6 is 15.9 Å². The summed E-state index contributed by atoms with van der Waals surface area (Å²) in [5, 5.41) is 0. The Morgan fingerprint density at radius 2 is 2.36 bits per heavy atom. The van der Waals surface area contributed by atoms with Crippen LogP contribution in [0.3, 0.4) is 0 Å². The van der Waals surface area contributed by atoms with Crippen molar-refractivity contribution in [3.63, 3.8) is 0 Å². The van der Waals surface area contributed by atoms with Crippen molar-refractivity contribution >= 4 is 15.9 Å². The Bertz CT molecular complexity index is 275. The van der Waals surface area contributed by atoms with Gasteiger partial charge in [-0.25, -0.2) is 4.98 Å². The number of halogens is 1. The van der Waals surface area contributed by atoms with Gasteiger partial charge in [0.2, 0.25) is 0 Å². The van der Waals surface area contributed by atoms with E-state index in [1.54, 1.807) is 6.20 Å². The standard InChI is InChI=1S/C8H9BrN2/c9-8-5(2-1-3-11-8)6-4-7(6)10/h1-3,6-7H,4,10H2. The molecule has 1 aromatic rings. The lowest BCUT2D eigenvalue weighted by Crippen LogP contribution is -2.01. The molecular formula is C8H9BrN2. The average Bonchev–Trinajstić information content (AvgIpc) is 2.68. The van der Waals surface area contributed by atoms with Gasteiger partial charge in [0.05, 0.1) is 0 Å².